The van der Waals surface area contributed by atoms with Crippen molar-refractivity contribution in [3.05, 3.63) is 0 Å². The quantitative estimate of drug-likeness (QED) is 0.629. The van der Waals surface area contributed by atoms with Gasteiger partial charge < -0.3 is 20.1 Å². The molecule has 0 fully saturated rings. The number of hydrogen-bond donors (Lipinski definition) is 2. The average molecular weight is 292 g/mol. The summed E-state index contributed by atoms with van der Waals surface area (Å²) in [6.07, 6.45) is 2.29. The summed E-state index contributed by atoms with van der Waals surface area (Å²) in [7, 11) is 2.76. The van der Waals surface area contributed by atoms with Crippen LogP contribution in [0.4, 0.5) is 4.79 Å². The van der Waals surface area contributed by atoms with Gasteiger partial charge in [0.05, 0.1) is 13.5 Å². The number of carboxylic acids is 1. The zero-order valence-corrected chi connectivity index (χ0v) is 12.2. The number of carbonyl (C=O) groups excluding carboxylic acids is 2. The summed E-state index contributed by atoms with van der Waals surface area (Å²) < 4.78 is 4.46. The van der Waals surface area contributed by atoms with Gasteiger partial charge in [-0.25, -0.2) is 9.59 Å². The molecule has 7 nitrogen and oxygen atoms in total. The maximum atomic E-state index is 11.7. The smallest absolute Gasteiger partial charge is 0.326 e. The highest BCUT2D eigenvalue weighted by molar-refractivity contribution is 7.98. The number of ether oxygens (including phenoxy) is 1. The van der Waals surface area contributed by atoms with E-state index in [0.717, 1.165) is 0 Å². The lowest BCUT2D eigenvalue weighted by atomic mass is 10.2. The number of thioether (sulfide) groups is 1. The number of nitrogens with zero attached hydrogens (tertiary/aromatic N) is 1. The van der Waals surface area contributed by atoms with E-state index in [1.165, 1.54) is 30.8 Å². The molecule has 0 aliphatic rings. The van der Waals surface area contributed by atoms with Crippen molar-refractivity contribution in [2.45, 2.75) is 18.9 Å². The predicted molar refractivity (Wildman–Crippen MR) is 72.2 cm³/mol. The minimum atomic E-state index is -1.07. The van der Waals surface area contributed by atoms with Crippen LogP contribution in [0.3, 0.4) is 0 Å². The van der Waals surface area contributed by atoms with Crippen LogP contribution in [-0.2, 0) is 14.3 Å². The highest BCUT2D eigenvalue weighted by atomic mass is 32.2. The molecule has 0 aromatic rings. The number of esters is 1. The Morgan fingerprint density at radius 3 is 2.53 bits per heavy atom. The monoisotopic (exact) mass is 292 g/mol. The highest BCUT2D eigenvalue weighted by Crippen LogP contribution is 2.02. The molecule has 110 valence electrons. The molecule has 0 radical (unpaired) electrons. The van der Waals surface area contributed by atoms with Crippen molar-refractivity contribution in [2.24, 2.45) is 0 Å². The van der Waals surface area contributed by atoms with E-state index in [1.807, 2.05) is 6.26 Å². The van der Waals surface area contributed by atoms with Crippen LogP contribution in [-0.4, -0.2) is 66.7 Å². The van der Waals surface area contributed by atoms with Gasteiger partial charge in [0.15, 0.2) is 0 Å². The minimum Gasteiger partial charge on any atom is -0.480 e. The van der Waals surface area contributed by atoms with Gasteiger partial charge in [0.1, 0.15) is 6.04 Å². The minimum absolute atomic E-state index is 0.0724. The Labute approximate surface area is 116 Å². The van der Waals surface area contributed by atoms with Crippen molar-refractivity contribution in [1.29, 1.82) is 0 Å². The molecule has 0 aromatic heterocycles. The number of urea groups is 1. The van der Waals surface area contributed by atoms with Gasteiger partial charge in [0.2, 0.25) is 0 Å². The van der Waals surface area contributed by atoms with E-state index in [1.54, 1.807) is 0 Å². The number of carboxylic acid groups (broad SMARTS) is 1. The topological polar surface area (TPSA) is 95.9 Å². The maximum absolute atomic E-state index is 11.7. The maximum Gasteiger partial charge on any atom is 0.326 e. The van der Waals surface area contributed by atoms with Crippen molar-refractivity contribution >= 4 is 29.7 Å². The molecule has 2 amide bonds. The van der Waals surface area contributed by atoms with Crippen molar-refractivity contribution in [1.82, 2.24) is 10.2 Å². The summed E-state index contributed by atoms with van der Waals surface area (Å²) in [5.74, 6) is -0.844. The van der Waals surface area contributed by atoms with Crippen LogP contribution in [0, 0.1) is 0 Å². The molecule has 0 unspecified atom stereocenters. The third kappa shape index (κ3) is 7.55. The first-order valence-electron chi connectivity index (χ1n) is 5.72. The van der Waals surface area contributed by atoms with Crippen molar-refractivity contribution in [3.8, 4) is 0 Å². The Morgan fingerprint density at radius 2 is 2.05 bits per heavy atom. The Balaban J connectivity index is 4.23. The van der Waals surface area contributed by atoms with Gasteiger partial charge in [0, 0.05) is 13.6 Å². The van der Waals surface area contributed by atoms with Gasteiger partial charge in [-0.05, 0) is 18.4 Å². The lowest BCUT2D eigenvalue weighted by Crippen LogP contribution is -2.47. The first kappa shape index (κ1) is 17.6. The van der Waals surface area contributed by atoms with Gasteiger partial charge in [0.25, 0.3) is 0 Å². The van der Waals surface area contributed by atoms with Crippen LogP contribution < -0.4 is 5.32 Å². The van der Waals surface area contributed by atoms with E-state index >= 15 is 0 Å². The van der Waals surface area contributed by atoms with Crippen LogP contribution >= 0.6 is 11.8 Å². The molecule has 1 atom stereocenters. The number of nitrogens with one attached hydrogen (secondary N) is 1. The molecule has 0 bridgehead atoms. The van der Waals surface area contributed by atoms with Gasteiger partial charge in [-0.2, -0.15) is 11.8 Å². The molecule has 0 aliphatic carbocycles. The zero-order chi connectivity index (χ0) is 14.8. The van der Waals surface area contributed by atoms with Crippen molar-refractivity contribution in [3.63, 3.8) is 0 Å². The number of hydrogen-bond acceptors (Lipinski definition) is 5. The van der Waals surface area contributed by atoms with E-state index in [4.69, 9.17) is 5.11 Å². The number of amides is 2. The molecule has 2 N–H and O–H groups in total. The number of carbonyl (C=O) groups is 3. The average Bonchev–Trinajstić information content (AvgIpc) is 2.39. The number of rotatable bonds is 8. The van der Waals surface area contributed by atoms with Gasteiger partial charge in [-0.1, -0.05) is 0 Å². The van der Waals surface area contributed by atoms with Gasteiger partial charge in [-0.3, -0.25) is 4.79 Å². The van der Waals surface area contributed by atoms with E-state index in [0.29, 0.717) is 12.2 Å². The largest absolute Gasteiger partial charge is 0.480 e. The Morgan fingerprint density at radius 1 is 1.42 bits per heavy atom. The molecule has 0 aliphatic heterocycles. The second-order valence-electron chi connectivity index (χ2n) is 3.87. The van der Waals surface area contributed by atoms with Crippen LogP contribution in [0.25, 0.3) is 0 Å². The van der Waals surface area contributed by atoms with Gasteiger partial charge >= 0.3 is 18.0 Å². The van der Waals surface area contributed by atoms with Crippen LogP contribution in [0.2, 0.25) is 0 Å². The van der Waals surface area contributed by atoms with E-state index in [9.17, 15) is 14.4 Å². The summed E-state index contributed by atoms with van der Waals surface area (Å²) in [6.45, 7) is 0.174. The van der Waals surface area contributed by atoms with E-state index in [2.05, 4.69) is 10.1 Å². The lowest BCUT2D eigenvalue weighted by Gasteiger charge is -2.20. The molecule has 0 aromatic carbocycles. The Hall–Kier alpha value is -1.44. The summed E-state index contributed by atoms with van der Waals surface area (Å²) in [5.41, 5.74) is 0. The van der Waals surface area contributed by atoms with Crippen molar-refractivity contribution < 1.29 is 24.2 Å². The summed E-state index contributed by atoms with van der Waals surface area (Å²) in [6, 6.07) is -1.43. The molecule has 0 heterocycles. The molecular weight excluding hydrogens is 272 g/mol. The molecule has 19 heavy (non-hydrogen) atoms. The highest BCUT2D eigenvalue weighted by Gasteiger charge is 2.21. The van der Waals surface area contributed by atoms with Gasteiger partial charge in [-0.15, -0.1) is 0 Å². The summed E-state index contributed by atoms with van der Waals surface area (Å²) >= 11 is 1.51. The molecular formula is C11H20N2O5S. The Bertz CT molecular complexity index is 324. The third-order valence-electron chi connectivity index (χ3n) is 2.43. The molecule has 0 rings (SSSR count). The fourth-order valence-electron chi connectivity index (χ4n) is 1.21. The fourth-order valence-corrected chi connectivity index (χ4v) is 1.69. The van der Waals surface area contributed by atoms with Crippen LogP contribution in [0.15, 0.2) is 0 Å². The predicted octanol–water partition coefficient (Wildman–Crippen LogP) is 0.397. The Kier molecular flexibility index (Phi) is 8.77. The number of methoxy groups -OCH3 is 1. The fraction of sp³-hybridized carbons (Fsp3) is 0.727. The normalized spacial score (nSPS) is 11.5. The SMILES string of the molecule is COC(=O)CCN(C)C(=O)N[C@H](CCSC)C(=O)O. The zero-order valence-electron chi connectivity index (χ0n) is 11.3. The van der Waals surface area contributed by atoms with Crippen molar-refractivity contribution in [2.75, 3.05) is 32.7 Å². The second kappa shape index (κ2) is 9.48. The summed E-state index contributed by atoms with van der Waals surface area (Å²) in [5, 5.41) is 11.4. The molecule has 0 spiro atoms. The standard InChI is InChI=1S/C11H20N2O5S/c1-13(6-4-9(14)18-2)11(17)12-8(10(15)16)5-7-19-3/h8H,4-7H2,1-3H3,(H,12,17)(H,15,16)/t8-/m1/s1. The first-order valence-corrected chi connectivity index (χ1v) is 7.12. The van der Waals surface area contributed by atoms with E-state index in [-0.39, 0.29) is 13.0 Å². The first-order chi connectivity index (χ1) is 8.92. The second-order valence-corrected chi connectivity index (χ2v) is 4.86. The lowest BCUT2D eigenvalue weighted by molar-refractivity contribution is -0.141. The summed E-state index contributed by atoms with van der Waals surface area (Å²) in [4.78, 5) is 34.9. The molecule has 0 saturated heterocycles. The van der Waals surface area contributed by atoms with Crippen LogP contribution in [0.5, 0.6) is 0 Å². The molecule has 0 saturated carbocycles. The molecule has 8 heteroatoms. The number of aliphatic carboxylic acids is 1. The van der Waals surface area contributed by atoms with Crippen LogP contribution in [0.1, 0.15) is 12.8 Å². The third-order valence-corrected chi connectivity index (χ3v) is 3.08. The van der Waals surface area contributed by atoms with E-state index < -0.39 is 24.0 Å².